The van der Waals surface area contributed by atoms with Crippen LogP contribution in [0, 0.1) is 0 Å². The van der Waals surface area contributed by atoms with Crippen LogP contribution in [0.1, 0.15) is 17.3 Å². The van der Waals surface area contributed by atoms with Crippen LogP contribution in [0.5, 0.6) is 5.88 Å². The Morgan fingerprint density at radius 2 is 2.05 bits per heavy atom. The number of benzene rings is 1. The number of rotatable bonds is 4. The van der Waals surface area contributed by atoms with Gasteiger partial charge in [-0.15, -0.1) is 0 Å². The number of hydrogen-bond donors (Lipinski definition) is 1. The lowest BCUT2D eigenvalue weighted by Crippen LogP contribution is -2.12. The first-order chi connectivity index (χ1) is 10.8. The van der Waals surface area contributed by atoms with Gasteiger partial charge in [0.1, 0.15) is 0 Å². The quantitative estimate of drug-likeness (QED) is 0.801. The Morgan fingerprint density at radius 1 is 1.14 bits per heavy atom. The smallest absolute Gasteiger partial charge is 0.257 e. The van der Waals surface area contributed by atoms with Crippen molar-refractivity contribution in [2.24, 2.45) is 0 Å². The van der Waals surface area contributed by atoms with Crippen LogP contribution in [-0.2, 0) is 0 Å². The Kier molecular flexibility index (Phi) is 3.96. The number of aromatic nitrogens is 2. The molecule has 3 aromatic rings. The highest BCUT2D eigenvalue weighted by Gasteiger charge is 2.09. The number of anilines is 1. The van der Waals surface area contributed by atoms with E-state index in [1.807, 2.05) is 37.3 Å². The van der Waals surface area contributed by atoms with Crippen molar-refractivity contribution in [3.8, 4) is 5.88 Å². The molecule has 0 aliphatic carbocycles. The van der Waals surface area contributed by atoms with Crippen molar-refractivity contribution in [1.29, 1.82) is 0 Å². The largest absolute Gasteiger partial charge is 0.478 e. The second-order valence-electron chi connectivity index (χ2n) is 4.65. The molecule has 3 rings (SSSR count). The minimum Gasteiger partial charge on any atom is -0.478 e. The molecule has 2 heterocycles. The molecule has 0 bridgehead atoms. The zero-order valence-electron chi connectivity index (χ0n) is 12.1. The van der Waals surface area contributed by atoms with Gasteiger partial charge in [-0.25, -0.2) is 4.98 Å². The number of fused-ring (bicyclic) bond motifs is 1. The highest BCUT2D eigenvalue weighted by Crippen LogP contribution is 2.22. The number of hydrogen-bond acceptors (Lipinski definition) is 4. The fraction of sp³-hybridized carbons (Fsp3) is 0.118. The maximum absolute atomic E-state index is 12.3. The van der Waals surface area contributed by atoms with Crippen molar-refractivity contribution < 1.29 is 9.53 Å². The Labute approximate surface area is 128 Å². The summed E-state index contributed by atoms with van der Waals surface area (Å²) in [7, 11) is 0. The monoisotopic (exact) mass is 293 g/mol. The van der Waals surface area contributed by atoms with Crippen LogP contribution in [0.4, 0.5) is 5.69 Å². The summed E-state index contributed by atoms with van der Waals surface area (Å²) in [4.78, 5) is 20.7. The van der Waals surface area contributed by atoms with Crippen LogP contribution in [0.3, 0.4) is 0 Å². The molecule has 0 aliphatic rings. The number of ether oxygens (including phenoxy) is 1. The molecule has 0 aliphatic heterocycles. The minimum absolute atomic E-state index is 0.216. The number of carbonyl (C=O) groups is 1. The first-order valence-corrected chi connectivity index (χ1v) is 7.02. The zero-order valence-corrected chi connectivity index (χ0v) is 12.1. The predicted molar refractivity (Wildman–Crippen MR) is 85.1 cm³/mol. The number of nitrogens with zero attached hydrogens (tertiary/aromatic N) is 2. The molecule has 0 unspecified atom stereocenters. The van der Waals surface area contributed by atoms with Crippen LogP contribution in [0.15, 0.2) is 54.9 Å². The molecule has 1 amide bonds. The van der Waals surface area contributed by atoms with E-state index in [1.54, 1.807) is 18.3 Å². The van der Waals surface area contributed by atoms with Crippen LogP contribution in [-0.4, -0.2) is 22.5 Å². The summed E-state index contributed by atoms with van der Waals surface area (Å²) in [6.07, 6.45) is 3.23. The normalized spacial score (nSPS) is 10.4. The standard InChI is InChI=1S/C17H15N3O2/c1-2-22-16-9-8-12(11-19-16)17(21)20-15-7-3-6-14-13(15)5-4-10-18-14/h3-11H,2H2,1H3,(H,20,21). The number of amides is 1. The second kappa shape index (κ2) is 6.22. The lowest BCUT2D eigenvalue weighted by atomic mass is 10.1. The van der Waals surface area contributed by atoms with Gasteiger partial charge in [-0.1, -0.05) is 6.07 Å². The molecule has 110 valence electrons. The third-order valence-corrected chi connectivity index (χ3v) is 3.18. The fourth-order valence-electron chi connectivity index (χ4n) is 2.15. The van der Waals surface area contributed by atoms with Crippen LogP contribution < -0.4 is 10.1 Å². The van der Waals surface area contributed by atoms with Gasteiger partial charge >= 0.3 is 0 Å². The third-order valence-electron chi connectivity index (χ3n) is 3.18. The van der Waals surface area contributed by atoms with Crippen molar-refractivity contribution in [3.63, 3.8) is 0 Å². The Morgan fingerprint density at radius 3 is 2.82 bits per heavy atom. The average Bonchev–Trinajstić information content (AvgIpc) is 2.56. The lowest BCUT2D eigenvalue weighted by molar-refractivity contribution is 0.102. The van der Waals surface area contributed by atoms with Crippen molar-refractivity contribution >= 4 is 22.5 Å². The van der Waals surface area contributed by atoms with Gasteiger partial charge in [-0.05, 0) is 37.3 Å². The van der Waals surface area contributed by atoms with Crippen molar-refractivity contribution in [2.45, 2.75) is 6.92 Å². The van der Waals surface area contributed by atoms with Crippen LogP contribution in [0.2, 0.25) is 0 Å². The average molecular weight is 293 g/mol. The van der Waals surface area contributed by atoms with Gasteiger partial charge in [-0.2, -0.15) is 0 Å². The van der Waals surface area contributed by atoms with Crippen molar-refractivity contribution in [2.75, 3.05) is 11.9 Å². The summed E-state index contributed by atoms with van der Waals surface area (Å²) in [5, 5.41) is 3.79. The maximum Gasteiger partial charge on any atom is 0.257 e. The Hall–Kier alpha value is -2.95. The fourth-order valence-corrected chi connectivity index (χ4v) is 2.15. The molecule has 0 atom stereocenters. The summed E-state index contributed by atoms with van der Waals surface area (Å²) in [6.45, 7) is 2.43. The topological polar surface area (TPSA) is 64.1 Å². The molecule has 1 aromatic carbocycles. The minimum atomic E-state index is -0.216. The predicted octanol–water partition coefficient (Wildman–Crippen LogP) is 3.28. The van der Waals surface area contributed by atoms with E-state index < -0.39 is 0 Å². The number of pyridine rings is 2. The summed E-state index contributed by atoms with van der Waals surface area (Å²) in [5.74, 6) is 0.292. The van der Waals surface area contributed by atoms with Gasteiger partial charge in [0, 0.05) is 23.8 Å². The van der Waals surface area contributed by atoms with Gasteiger partial charge in [0.25, 0.3) is 5.91 Å². The molecule has 0 radical (unpaired) electrons. The Balaban J connectivity index is 1.83. The molecule has 5 nitrogen and oxygen atoms in total. The van der Waals surface area contributed by atoms with Crippen LogP contribution in [0.25, 0.3) is 10.9 Å². The van der Waals surface area contributed by atoms with Gasteiger partial charge in [-0.3, -0.25) is 9.78 Å². The van der Waals surface area contributed by atoms with Gasteiger partial charge in [0.2, 0.25) is 5.88 Å². The van der Waals surface area contributed by atoms with E-state index in [4.69, 9.17) is 4.74 Å². The first kappa shape index (κ1) is 14.0. The molecule has 1 N–H and O–H groups in total. The molecule has 0 spiro atoms. The van der Waals surface area contributed by atoms with E-state index in [9.17, 15) is 4.79 Å². The van der Waals surface area contributed by atoms with Gasteiger partial charge in [0.05, 0.1) is 23.4 Å². The van der Waals surface area contributed by atoms with Crippen LogP contribution >= 0.6 is 0 Å². The molecule has 22 heavy (non-hydrogen) atoms. The van der Waals surface area contributed by atoms with E-state index in [0.717, 1.165) is 16.6 Å². The maximum atomic E-state index is 12.3. The van der Waals surface area contributed by atoms with Gasteiger partial charge < -0.3 is 10.1 Å². The molecule has 0 saturated heterocycles. The third kappa shape index (κ3) is 2.88. The molecule has 0 fully saturated rings. The van der Waals surface area contributed by atoms with Crippen molar-refractivity contribution in [3.05, 3.63) is 60.4 Å². The van der Waals surface area contributed by atoms with E-state index >= 15 is 0 Å². The number of carbonyl (C=O) groups excluding carboxylic acids is 1. The van der Waals surface area contributed by atoms with E-state index in [1.165, 1.54) is 6.20 Å². The van der Waals surface area contributed by atoms with E-state index in [2.05, 4.69) is 15.3 Å². The zero-order chi connectivity index (χ0) is 15.4. The van der Waals surface area contributed by atoms with E-state index in [-0.39, 0.29) is 5.91 Å². The summed E-state index contributed by atoms with van der Waals surface area (Å²) in [5.41, 5.74) is 2.04. The molecular weight excluding hydrogens is 278 g/mol. The highest BCUT2D eigenvalue weighted by molar-refractivity contribution is 6.08. The summed E-state index contributed by atoms with van der Waals surface area (Å²) < 4.78 is 5.27. The summed E-state index contributed by atoms with van der Waals surface area (Å²) >= 11 is 0. The summed E-state index contributed by atoms with van der Waals surface area (Å²) in [6, 6.07) is 12.8. The highest BCUT2D eigenvalue weighted by atomic mass is 16.5. The van der Waals surface area contributed by atoms with Gasteiger partial charge in [0.15, 0.2) is 0 Å². The molecule has 5 heteroatoms. The Bertz CT molecular complexity index is 795. The SMILES string of the molecule is CCOc1ccc(C(=O)Nc2cccc3ncccc23)cn1. The first-order valence-electron chi connectivity index (χ1n) is 7.02. The second-order valence-corrected chi connectivity index (χ2v) is 4.65. The molecule has 0 saturated carbocycles. The number of nitrogens with one attached hydrogen (secondary N) is 1. The van der Waals surface area contributed by atoms with E-state index in [0.29, 0.717) is 18.1 Å². The molecular formula is C17H15N3O2. The molecule has 2 aromatic heterocycles. The lowest BCUT2D eigenvalue weighted by Gasteiger charge is -2.08. The van der Waals surface area contributed by atoms with Crippen molar-refractivity contribution in [1.82, 2.24) is 9.97 Å².